The standard InChI is InChI=1S/C16H16N6O4/c1-20-15(14(8-17-20)22(24)25)16(23)19-12-7-18-21(10-12)9-11-4-3-5-13(6-11)26-2/h3-8,10H,9H2,1-2H3,(H,19,23). The summed E-state index contributed by atoms with van der Waals surface area (Å²) in [4.78, 5) is 22.7. The van der Waals surface area contributed by atoms with Gasteiger partial charge < -0.3 is 10.1 Å². The van der Waals surface area contributed by atoms with Crippen LogP contribution in [0.25, 0.3) is 0 Å². The normalized spacial score (nSPS) is 10.5. The van der Waals surface area contributed by atoms with Crippen LogP contribution in [-0.2, 0) is 13.6 Å². The van der Waals surface area contributed by atoms with Crippen LogP contribution in [0.2, 0.25) is 0 Å². The molecule has 2 heterocycles. The number of benzene rings is 1. The third kappa shape index (κ3) is 3.53. The highest BCUT2D eigenvalue weighted by atomic mass is 16.6. The number of nitrogens with zero attached hydrogens (tertiary/aromatic N) is 5. The first-order valence-corrected chi connectivity index (χ1v) is 7.61. The zero-order valence-corrected chi connectivity index (χ0v) is 14.1. The Morgan fingerprint density at radius 1 is 1.35 bits per heavy atom. The Bertz CT molecular complexity index is 961. The molecule has 10 nitrogen and oxygen atoms in total. The highest BCUT2D eigenvalue weighted by molar-refractivity contribution is 6.05. The summed E-state index contributed by atoms with van der Waals surface area (Å²) in [7, 11) is 3.06. The maximum atomic E-state index is 12.3. The van der Waals surface area contributed by atoms with Crippen LogP contribution in [0.4, 0.5) is 11.4 Å². The number of amides is 1. The Balaban J connectivity index is 1.73. The summed E-state index contributed by atoms with van der Waals surface area (Å²) in [5.74, 6) is 0.115. The van der Waals surface area contributed by atoms with Crippen molar-refractivity contribution in [3.05, 3.63) is 64.2 Å². The highest BCUT2D eigenvalue weighted by Crippen LogP contribution is 2.19. The lowest BCUT2D eigenvalue weighted by Crippen LogP contribution is -2.17. The van der Waals surface area contributed by atoms with Gasteiger partial charge in [-0.1, -0.05) is 12.1 Å². The Labute approximate surface area is 148 Å². The molecule has 0 radical (unpaired) electrons. The number of aryl methyl sites for hydroxylation is 1. The smallest absolute Gasteiger partial charge is 0.320 e. The summed E-state index contributed by atoms with van der Waals surface area (Å²) in [6.45, 7) is 0.485. The first-order valence-electron chi connectivity index (χ1n) is 7.61. The molecule has 3 aromatic rings. The number of carbonyl (C=O) groups excluding carboxylic acids is 1. The molecule has 1 aromatic carbocycles. The van der Waals surface area contributed by atoms with Crippen molar-refractivity contribution in [2.24, 2.45) is 7.05 Å². The van der Waals surface area contributed by atoms with E-state index in [2.05, 4.69) is 15.5 Å². The second-order valence-electron chi connectivity index (χ2n) is 5.49. The molecule has 0 aliphatic heterocycles. The number of carbonyl (C=O) groups is 1. The lowest BCUT2D eigenvalue weighted by molar-refractivity contribution is -0.385. The minimum Gasteiger partial charge on any atom is -0.497 e. The number of nitrogens with one attached hydrogen (secondary N) is 1. The summed E-state index contributed by atoms with van der Waals surface area (Å²) in [5, 5.41) is 21.5. The van der Waals surface area contributed by atoms with Gasteiger partial charge in [0.05, 0.1) is 30.5 Å². The number of aromatic nitrogens is 4. The molecule has 10 heteroatoms. The fraction of sp³-hybridized carbons (Fsp3) is 0.188. The van der Waals surface area contributed by atoms with Crippen LogP contribution in [0.15, 0.2) is 42.9 Å². The molecule has 0 saturated heterocycles. The SMILES string of the molecule is COc1cccc(Cn2cc(NC(=O)c3c([N+](=O)[O-])cnn3C)cn2)c1. The summed E-state index contributed by atoms with van der Waals surface area (Å²) in [6.07, 6.45) is 4.15. The molecule has 1 amide bonds. The maximum Gasteiger partial charge on any atom is 0.320 e. The number of rotatable bonds is 6. The van der Waals surface area contributed by atoms with Gasteiger partial charge in [-0.3, -0.25) is 24.3 Å². The first-order chi connectivity index (χ1) is 12.5. The largest absolute Gasteiger partial charge is 0.497 e. The van der Waals surface area contributed by atoms with Crippen LogP contribution in [-0.4, -0.2) is 37.5 Å². The minimum absolute atomic E-state index is 0.129. The van der Waals surface area contributed by atoms with E-state index in [4.69, 9.17) is 4.74 Å². The van der Waals surface area contributed by atoms with E-state index in [0.717, 1.165) is 22.2 Å². The van der Waals surface area contributed by atoms with Gasteiger partial charge >= 0.3 is 5.69 Å². The Morgan fingerprint density at radius 3 is 2.88 bits per heavy atom. The van der Waals surface area contributed by atoms with Gasteiger partial charge in [-0.15, -0.1) is 0 Å². The lowest BCUT2D eigenvalue weighted by Gasteiger charge is -2.05. The van der Waals surface area contributed by atoms with E-state index < -0.39 is 10.8 Å². The molecular weight excluding hydrogens is 340 g/mol. The number of ether oxygens (including phenoxy) is 1. The highest BCUT2D eigenvalue weighted by Gasteiger charge is 2.25. The third-order valence-corrected chi connectivity index (χ3v) is 3.70. The average Bonchev–Trinajstić information content (AvgIpc) is 3.21. The fourth-order valence-corrected chi connectivity index (χ4v) is 2.49. The molecule has 0 bridgehead atoms. The summed E-state index contributed by atoms with van der Waals surface area (Å²) in [6, 6.07) is 7.54. The van der Waals surface area contributed by atoms with E-state index in [1.807, 2.05) is 24.3 Å². The number of hydrogen-bond acceptors (Lipinski definition) is 6. The molecule has 0 saturated carbocycles. The van der Waals surface area contributed by atoms with Gasteiger partial charge in [-0.2, -0.15) is 10.2 Å². The number of methoxy groups -OCH3 is 1. The zero-order chi connectivity index (χ0) is 18.7. The van der Waals surface area contributed by atoms with E-state index in [-0.39, 0.29) is 11.4 Å². The monoisotopic (exact) mass is 356 g/mol. The van der Waals surface area contributed by atoms with Crippen molar-refractivity contribution in [2.75, 3.05) is 12.4 Å². The number of hydrogen-bond donors (Lipinski definition) is 1. The van der Waals surface area contributed by atoms with E-state index in [1.54, 1.807) is 18.0 Å². The van der Waals surface area contributed by atoms with Crippen LogP contribution in [0.3, 0.4) is 0 Å². The van der Waals surface area contributed by atoms with Crippen molar-refractivity contribution in [3.8, 4) is 5.75 Å². The van der Waals surface area contributed by atoms with Gasteiger partial charge in [0.2, 0.25) is 5.69 Å². The van der Waals surface area contributed by atoms with Crippen LogP contribution in [0.5, 0.6) is 5.75 Å². The topological polar surface area (TPSA) is 117 Å². The predicted molar refractivity (Wildman–Crippen MR) is 92.1 cm³/mol. The van der Waals surface area contributed by atoms with E-state index in [1.165, 1.54) is 13.2 Å². The van der Waals surface area contributed by atoms with Crippen molar-refractivity contribution in [2.45, 2.75) is 6.54 Å². The van der Waals surface area contributed by atoms with E-state index in [0.29, 0.717) is 12.2 Å². The Morgan fingerprint density at radius 2 is 2.15 bits per heavy atom. The molecular formula is C16H16N6O4. The van der Waals surface area contributed by atoms with Gasteiger partial charge in [0.25, 0.3) is 5.91 Å². The van der Waals surface area contributed by atoms with Crippen LogP contribution >= 0.6 is 0 Å². The van der Waals surface area contributed by atoms with Gasteiger partial charge in [-0.05, 0) is 17.7 Å². The predicted octanol–water partition coefficient (Wildman–Crippen LogP) is 1.83. The molecule has 2 aromatic heterocycles. The van der Waals surface area contributed by atoms with Gasteiger partial charge in [0.1, 0.15) is 11.9 Å². The first kappa shape index (κ1) is 17.1. The number of anilines is 1. The number of nitro groups is 1. The van der Waals surface area contributed by atoms with Crippen molar-refractivity contribution >= 4 is 17.3 Å². The maximum absolute atomic E-state index is 12.3. The fourth-order valence-electron chi connectivity index (χ4n) is 2.49. The Kier molecular flexibility index (Phi) is 4.65. The minimum atomic E-state index is -0.645. The molecule has 1 N–H and O–H groups in total. The molecule has 0 fully saturated rings. The Hall–Kier alpha value is -3.69. The van der Waals surface area contributed by atoms with Gasteiger partial charge in [0.15, 0.2) is 0 Å². The second kappa shape index (κ2) is 7.05. The van der Waals surface area contributed by atoms with Gasteiger partial charge in [0, 0.05) is 13.2 Å². The summed E-state index contributed by atoms with van der Waals surface area (Å²) in [5.41, 5.74) is 0.922. The molecule has 0 atom stereocenters. The van der Waals surface area contributed by atoms with Crippen LogP contribution in [0.1, 0.15) is 16.1 Å². The molecule has 134 valence electrons. The average molecular weight is 356 g/mol. The second-order valence-corrected chi connectivity index (χ2v) is 5.49. The third-order valence-electron chi connectivity index (χ3n) is 3.70. The molecule has 0 aliphatic rings. The van der Waals surface area contributed by atoms with Crippen molar-refractivity contribution in [1.82, 2.24) is 19.6 Å². The molecule has 3 rings (SSSR count). The molecule has 0 unspecified atom stereocenters. The van der Waals surface area contributed by atoms with Crippen molar-refractivity contribution in [1.29, 1.82) is 0 Å². The van der Waals surface area contributed by atoms with Crippen molar-refractivity contribution < 1.29 is 14.5 Å². The van der Waals surface area contributed by atoms with Crippen LogP contribution in [0, 0.1) is 10.1 Å². The van der Waals surface area contributed by atoms with Gasteiger partial charge in [-0.25, -0.2) is 0 Å². The quantitative estimate of drug-likeness (QED) is 0.532. The van der Waals surface area contributed by atoms with E-state index in [9.17, 15) is 14.9 Å². The molecule has 0 spiro atoms. The molecule has 0 aliphatic carbocycles. The van der Waals surface area contributed by atoms with Crippen LogP contribution < -0.4 is 10.1 Å². The van der Waals surface area contributed by atoms with E-state index >= 15 is 0 Å². The lowest BCUT2D eigenvalue weighted by atomic mass is 10.2. The zero-order valence-electron chi connectivity index (χ0n) is 14.1. The summed E-state index contributed by atoms with van der Waals surface area (Å²) < 4.78 is 7.99. The summed E-state index contributed by atoms with van der Waals surface area (Å²) >= 11 is 0. The molecule has 26 heavy (non-hydrogen) atoms. The van der Waals surface area contributed by atoms with Crippen molar-refractivity contribution in [3.63, 3.8) is 0 Å².